The lowest BCUT2D eigenvalue weighted by atomic mass is 9.93. The van der Waals surface area contributed by atoms with Crippen molar-refractivity contribution in [3.8, 4) is 0 Å². The highest BCUT2D eigenvalue weighted by molar-refractivity contribution is 5.76. The molecule has 3 fully saturated rings. The molecule has 0 radical (unpaired) electrons. The molecule has 6 heteroatoms. The molecule has 0 unspecified atom stereocenters. The van der Waals surface area contributed by atoms with Gasteiger partial charge >= 0.3 is 6.03 Å². The van der Waals surface area contributed by atoms with Crippen LogP contribution in [0.4, 0.5) is 4.79 Å². The molecule has 2 aliphatic heterocycles. The van der Waals surface area contributed by atoms with Gasteiger partial charge in [0.05, 0.1) is 0 Å². The van der Waals surface area contributed by atoms with Crippen LogP contribution in [0.25, 0.3) is 0 Å². The zero-order chi connectivity index (χ0) is 16.9. The first kappa shape index (κ1) is 17.5. The number of hydrogen-bond acceptors (Lipinski definition) is 3. The SMILES string of the molecule is CNC(=O)CC1CCN(C(=O)N[C@H]2CCN(C3CCCC3)C2)CC1. The van der Waals surface area contributed by atoms with Gasteiger partial charge < -0.3 is 15.5 Å². The lowest BCUT2D eigenvalue weighted by Gasteiger charge is -2.32. The van der Waals surface area contributed by atoms with Crippen LogP contribution < -0.4 is 10.6 Å². The average molecular weight is 336 g/mol. The zero-order valence-electron chi connectivity index (χ0n) is 14.9. The highest BCUT2D eigenvalue weighted by Gasteiger charge is 2.32. The van der Waals surface area contributed by atoms with Crippen molar-refractivity contribution in [3.63, 3.8) is 0 Å². The van der Waals surface area contributed by atoms with E-state index < -0.39 is 0 Å². The van der Waals surface area contributed by atoms with E-state index in [1.165, 1.54) is 25.7 Å². The zero-order valence-corrected chi connectivity index (χ0v) is 14.9. The molecule has 2 saturated heterocycles. The second-order valence-electron chi connectivity index (χ2n) is 7.68. The highest BCUT2D eigenvalue weighted by atomic mass is 16.2. The minimum atomic E-state index is 0.0895. The van der Waals surface area contributed by atoms with E-state index in [4.69, 9.17) is 0 Å². The van der Waals surface area contributed by atoms with Crippen LogP contribution in [-0.2, 0) is 4.79 Å². The minimum Gasteiger partial charge on any atom is -0.359 e. The van der Waals surface area contributed by atoms with Crippen LogP contribution in [0.1, 0.15) is 51.4 Å². The normalized spacial score (nSPS) is 26.7. The molecule has 1 aliphatic carbocycles. The lowest BCUT2D eigenvalue weighted by molar-refractivity contribution is -0.121. The molecule has 6 nitrogen and oxygen atoms in total. The van der Waals surface area contributed by atoms with Crippen LogP contribution >= 0.6 is 0 Å². The Balaban J connectivity index is 1.38. The summed E-state index contributed by atoms with van der Waals surface area (Å²) in [5.41, 5.74) is 0. The predicted octanol–water partition coefficient (Wildman–Crippen LogP) is 1.56. The number of carbonyl (C=O) groups is 2. The molecule has 0 spiro atoms. The van der Waals surface area contributed by atoms with Gasteiger partial charge in [-0.15, -0.1) is 0 Å². The third-order valence-electron chi connectivity index (χ3n) is 6.04. The first-order valence-electron chi connectivity index (χ1n) is 9.65. The lowest BCUT2D eigenvalue weighted by Crippen LogP contribution is -2.49. The maximum absolute atomic E-state index is 12.5. The van der Waals surface area contributed by atoms with Crippen molar-refractivity contribution in [2.45, 2.75) is 63.5 Å². The minimum absolute atomic E-state index is 0.0895. The van der Waals surface area contributed by atoms with Crippen molar-refractivity contribution < 1.29 is 9.59 Å². The summed E-state index contributed by atoms with van der Waals surface area (Å²) in [5.74, 6) is 0.522. The average Bonchev–Trinajstić information content (AvgIpc) is 3.26. The van der Waals surface area contributed by atoms with Gasteiger partial charge in [0.25, 0.3) is 0 Å². The number of piperidine rings is 1. The Bertz CT molecular complexity index is 442. The number of carbonyl (C=O) groups excluding carboxylic acids is 2. The largest absolute Gasteiger partial charge is 0.359 e. The Morgan fingerprint density at radius 2 is 1.71 bits per heavy atom. The molecule has 1 saturated carbocycles. The van der Waals surface area contributed by atoms with Crippen molar-refractivity contribution in [1.82, 2.24) is 20.4 Å². The fourth-order valence-corrected chi connectivity index (χ4v) is 4.48. The monoisotopic (exact) mass is 336 g/mol. The van der Waals surface area contributed by atoms with Gasteiger partial charge in [-0.2, -0.15) is 0 Å². The van der Waals surface area contributed by atoms with E-state index in [0.717, 1.165) is 51.5 Å². The number of likely N-dealkylation sites (tertiary alicyclic amines) is 2. The third-order valence-corrected chi connectivity index (χ3v) is 6.04. The van der Waals surface area contributed by atoms with E-state index in [9.17, 15) is 9.59 Å². The predicted molar refractivity (Wildman–Crippen MR) is 93.7 cm³/mol. The van der Waals surface area contributed by atoms with E-state index in [1.54, 1.807) is 7.05 Å². The van der Waals surface area contributed by atoms with E-state index in [0.29, 0.717) is 18.4 Å². The van der Waals surface area contributed by atoms with Crippen LogP contribution in [-0.4, -0.2) is 67.0 Å². The van der Waals surface area contributed by atoms with E-state index in [1.807, 2.05) is 4.90 Å². The molecular formula is C18H32N4O2. The Morgan fingerprint density at radius 3 is 2.38 bits per heavy atom. The first-order valence-corrected chi connectivity index (χ1v) is 9.65. The molecule has 0 aromatic rings. The fraction of sp³-hybridized carbons (Fsp3) is 0.889. The van der Waals surface area contributed by atoms with Crippen molar-refractivity contribution in [3.05, 3.63) is 0 Å². The number of nitrogens with zero attached hydrogens (tertiary/aromatic N) is 2. The van der Waals surface area contributed by atoms with Gasteiger partial charge in [0.2, 0.25) is 5.91 Å². The van der Waals surface area contributed by atoms with Crippen molar-refractivity contribution >= 4 is 11.9 Å². The van der Waals surface area contributed by atoms with Crippen LogP contribution in [0, 0.1) is 5.92 Å². The van der Waals surface area contributed by atoms with E-state index in [2.05, 4.69) is 15.5 Å². The van der Waals surface area contributed by atoms with Gasteiger partial charge in [0.1, 0.15) is 0 Å². The highest BCUT2D eigenvalue weighted by Crippen LogP contribution is 2.26. The standard InChI is InChI=1S/C18H32N4O2/c1-19-17(23)12-14-6-9-21(10-7-14)18(24)20-15-8-11-22(13-15)16-4-2-3-5-16/h14-16H,2-13H2,1H3,(H,19,23)(H,20,24)/t15-/m0/s1. The number of hydrogen-bond donors (Lipinski definition) is 2. The van der Waals surface area contributed by atoms with Crippen molar-refractivity contribution in [2.75, 3.05) is 33.2 Å². The first-order chi connectivity index (χ1) is 11.7. The molecule has 0 aromatic carbocycles. The Kier molecular flexibility index (Phi) is 5.98. The number of amides is 3. The number of nitrogens with one attached hydrogen (secondary N) is 2. The molecule has 3 aliphatic rings. The van der Waals surface area contributed by atoms with Crippen molar-refractivity contribution in [2.24, 2.45) is 5.92 Å². The molecular weight excluding hydrogens is 304 g/mol. The summed E-state index contributed by atoms with van der Waals surface area (Å²) < 4.78 is 0. The third kappa shape index (κ3) is 4.41. The maximum Gasteiger partial charge on any atom is 0.317 e. The molecule has 1 atom stereocenters. The molecule has 24 heavy (non-hydrogen) atoms. The van der Waals surface area contributed by atoms with Gasteiger partial charge in [-0.1, -0.05) is 12.8 Å². The Morgan fingerprint density at radius 1 is 1.00 bits per heavy atom. The summed E-state index contributed by atoms with van der Waals surface area (Å²) in [6.07, 6.45) is 8.92. The van der Waals surface area contributed by atoms with Gasteiger partial charge in [-0.3, -0.25) is 9.69 Å². The molecule has 0 aromatic heterocycles. The molecule has 2 heterocycles. The van der Waals surface area contributed by atoms with Crippen LogP contribution in [0.2, 0.25) is 0 Å². The summed E-state index contributed by atoms with van der Waals surface area (Å²) in [6.45, 7) is 3.69. The Hall–Kier alpha value is -1.30. The quantitative estimate of drug-likeness (QED) is 0.819. The fourth-order valence-electron chi connectivity index (χ4n) is 4.48. The molecule has 2 N–H and O–H groups in total. The van der Waals surface area contributed by atoms with Crippen LogP contribution in [0.15, 0.2) is 0 Å². The van der Waals surface area contributed by atoms with Crippen LogP contribution in [0.3, 0.4) is 0 Å². The summed E-state index contributed by atoms with van der Waals surface area (Å²) >= 11 is 0. The second kappa shape index (κ2) is 8.19. The van der Waals surface area contributed by atoms with Gasteiger partial charge in [0, 0.05) is 51.7 Å². The van der Waals surface area contributed by atoms with Crippen LogP contribution in [0.5, 0.6) is 0 Å². The summed E-state index contributed by atoms with van der Waals surface area (Å²) in [4.78, 5) is 28.4. The molecule has 136 valence electrons. The summed E-state index contributed by atoms with van der Waals surface area (Å²) in [6, 6.07) is 1.15. The van der Waals surface area contributed by atoms with Gasteiger partial charge in [0.15, 0.2) is 0 Å². The Labute approximate surface area is 145 Å². The smallest absolute Gasteiger partial charge is 0.317 e. The number of urea groups is 1. The van der Waals surface area contributed by atoms with Gasteiger partial charge in [-0.05, 0) is 38.0 Å². The topological polar surface area (TPSA) is 64.7 Å². The second-order valence-corrected chi connectivity index (χ2v) is 7.68. The molecule has 0 bridgehead atoms. The van der Waals surface area contributed by atoms with E-state index in [-0.39, 0.29) is 11.9 Å². The molecule has 3 amide bonds. The number of rotatable bonds is 4. The maximum atomic E-state index is 12.5. The van der Waals surface area contributed by atoms with Crippen molar-refractivity contribution in [1.29, 1.82) is 0 Å². The summed E-state index contributed by atoms with van der Waals surface area (Å²) in [7, 11) is 1.68. The molecule has 3 rings (SSSR count). The van der Waals surface area contributed by atoms with Gasteiger partial charge in [-0.25, -0.2) is 4.79 Å². The summed E-state index contributed by atoms with van der Waals surface area (Å²) in [5, 5.41) is 5.92. The van der Waals surface area contributed by atoms with E-state index >= 15 is 0 Å².